The second-order valence-corrected chi connectivity index (χ2v) is 8.72. The average molecular weight is 389 g/mol. The minimum Gasteiger partial charge on any atom is -0.480 e. The van der Waals surface area contributed by atoms with E-state index in [0.29, 0.717) is 19.6 Å². The molecule has 1 unspecified atom stereocenters. The van der Waals surface area contributed by atoms with Gasteiger partial charge in [0.1, 0.15) is 4.90 Å². The maximum absolute atomic E-state index is 13.0. The molecule has 1 heterocycles. The number of aryl methyl sites for hydroxylation is 1. The number of carboxylic acids is 1. The summed E-state index contributed by atoms with van der Waals surface area (Å²) in [6, 6.07) is 5.18. The van der Waals surface area contributed by atoms with Crippen molar-refractivity contribution in [3.8, 4) is 0 Å². The minimum atomic E-state index is -3.65. The van der Waals surface area contributed by atoms with E-state index in [1.807, 2.05) is 13.0 Å². The number of carbonyl (C=O) groups is 1. The Morgan fingerprint density at radius 2 is 2.20 bits per heavy atom. The van der Waals surface area contributed by atoms with Gasteiger partial charge in [-0.05, 0) is 49.4 Å². The van der Waals surface area contributed by atoms with Crippen molar-refractivity contribution in [2.45, 2.75) is 37.5 Å². The fourth-order valence-corrected chi connectivity index (χ4v) is 5.20. The van der Waals surface area contributed by atoms with E-state index in [1.54, 1.807) is 12.1 Å². The first kappa shape index (κ1) is 20.2. The Hall–Kier alpha value is -1.15. The second kappa shape index (κ2) is 8.98. The predicted octanol–water partition coefficient (Wildman–Crippen LogP) is 2.37. The Kier molecular flexibility index (Phi) is 7.25. The van der Waals surface area contributed by atoms with Crippen LogP contribution < -0.4 is 5.32 Å². The summed E-state index contributed by atoms with van der Waals surface area (Å²) in [5, 5.41) is 11.8. The standard InChI is InChI=1S/C17H25ClN2O4S/c1-2-4-13-6-7-15(18)16(9-13)25(23,24)20-8-3-5-14(12-20)10-19-11-17(21)22/h6-7,9,14,19H,2-5,8,10-12H2,1H3,(H,21,22). The van der Waals surface area contributed by atoms with Gasteiger partial charge in [0.25, 0.3) is 0 Å². The third-order valence-corrected chi connectivity index (χ3v) is 6.69. The molecule has 25 heavy (non-hydrogen) atoms. The van der Waals surface area contributed by atoms with Gasteiger partial charge >= 0.3 is 5.97 Å². The molecular formula is C17H25ClN2O4S. The van der Waals surface area contributed by atoms with E-state index >= 15 is 0 Å². The van der Waals surface area contributed by atoms with Crippen molar-refractivity contribution in [2.24, 2.45) is 5.92 Å². The fourth-order valence-electron chi connectivity index (χ4n) is 3.12. The van der Waals surface area contributed by atoms with Gasteiger partial charge in [0.2, 0.25) is 10.0 Å². The lowest BCUT2D eigenvalue weighted by molar-refractivity contribution is -0.136. The summed E-state index contributed by atoms with van der Waals surface area (Å²) in [6.07, 6.45) is 3.37. The van der Waals surface area contributed by atoms with Crippen LogP contribution in [0.3, 0.4) is 0 Å². The summed E-state index contributed by atoms with van der Waals surface area (Å²) in [5.74, 6) is -0.819. The Morgan fingerprint density at radius 1 is 1.44 bits per heavy atom. The van der Waals surface area contributed by atoms with Crippen molar-refractivity contribution in [1.29, 1.82) is 0 Å². The summed E-state index contributed by atoms with van der Waals surface area (Å²) >= 11 is 6.17. The quantitative estimate of drug-likeness (QED) is 0.713. The van der Waals surface area contributed by atoms with Crippen molar-refractivity contribution in [2.75, 3.05) is 26.2 Å². The van der Waals surface area contributed by atoms with E-state index in [1.165, 1.54) is 4.31 Å². The molecule has 2 rings (SSSR count). The molecule has 0 aliphatic carbocycles. The number of sulfonamides is 1. The van der Waals surface area contributed by atoms with Gasteiger partial charge in [-0.25, -0.2) is 8.42 Å². The number of hydrogen-bond donors (Lipinski definition) is 2. The van der Waals surface area contributed by atoms with Gasteiger partial charge < -0.3 is 10.4 Å². The number of halogens is 1. The van der Waals surface area contributed by atoms with E-state index in [9.17, 15) is 13.2 Å². The Morgan fingerprint density at radius 3 is 2.88 bits per heavy atom. The first-order chi connectivity index (χ1) is 11.8. The highest BCUT2D eigenvalue weighted by Gasteiger charge is 2.31. The molecule has 1 aromatic carbocycles. The van der Waals surface area contributed by atoms with Crippen LogP contribution in [0.2, 0.25) is 5.02 Å². The molecule has 1 aromatic rings. The number of carboxylic acid groups (broad SMARTS) is 1. The number of rotatable bonds is 8. The summed E-state index contributed by atoms with van der Waals surface area (Å²) in [6.45, 7) is 3.26. The zero-order valence-electron chi connectivity index (χ0n) is 14.4. The van der Waals surface area contributed by atoms with Crippen LogP contribution in [-0.4, -0.2) is 50.0 Å². The number of hydrogen-bond acceptors (Lipinski definition) is 4. The lowest BCUT2D eigenvalue weighted by Crippen LogP contribution is -2.43. The molecule has 2 N–H and O–H groups in total. The van der Waals surface area contributed by atoms with Crippen molar-refractivity contribution in [3.05, 3.63) is 28.8 Å². The smallest absolute Gasteiger partial charge is 0.317 e. The summed E-state index contributed by atoms with van der Waals surface area (Å²) < 4.78 is 27.5. The van der Waals surface area contributed by atoms with Gasteiger partial charge in [0.15, 0.2) is 0 Å². The zero-order valence-corrected chi connectivity index (χ0v) is 15.9. The van der Waals surface area contributed by atoms with Gasteiger partial charge in [-0.1, -0.05) is 31.0 Å². The van der Waals surface area contributed by atoms with Crippen LogP contribution in [0.1, 0.15) is 31.7 Å². The predicted molar refractivity (Wildman–Crippen MR) is 97.4 cm³/mol. The van der Waals surface area contributed by atoms with Crippen LogP contribution in [0.15, 0.2) is 23.1 Å². The van der Waals surface area contributed by atoms with Gasteiger partial charge in [0.05, 0.1) is 11.6 Å². The van der Waals surface area contributed by atoms with E-state index < -0.39 is 16.0 Å². The first-order valence-electron chi connectivity index (χ1n) is 8.55. The fraction of sp³-hybridized carbons (Fsp3) is 0.588. The molecule has 6 nitrogen and oxygen atoms in total. The summed E-state index contributed by atoms with van der Waals surface area (Å²) in [7, 11) is -3.65. The van der Waals surface area contributed by atoms with Crippen molar-refractivity contribution >= 4 is 27.6 Å². The van der Waals surface area contributed by atoms with Gasteiger partial charge in [-0.3, -0.25) is 4.79 Å². The van der Waals surface area contributed by atoms with Crippen LogP contribution in [-0.2, 0) is 21.2 Å². The van der Waals surface area contributed by atoms with Crippen molar-refractivity contribution in [1.82, 2.24) is 9.62 Å². The Labute approximate surface area is 154 Å². The number of piperidine rings is 1. The molecule has 0 spiro atoms. The van der Waals surface area contributed by atoms with Crippen molar-refractivity contribution in [3.63, 3.8) is 0 Å². The highest BCUT2D eigenvalue weighted by molar-refractivity contribution is 7.89. The largest absolute Gasteiger partial charge is 0.480 e. The van der Waals surface area contributed by atoms with Gasteiger partial charge in [-0.2, -0.15) is 4.31 Å². The molecule has 1 aliphatic heterocycles. The van der Waals surface area contributed by atoms with Crippen LogP contribution in [0.4, 0.5) is 0 Å². The SMILES string of the molecule is CCCc1ccc(Cl)c(S(=O)(=O)N2CCCC(CNCC(=O)O)C2)c1. The van der Waals surface area contributed by atoms with Crippen LogP contribution >= 0.6 is 11.6 Å². The van der Waals surface area contributed by atoms with Crippen LogP contribution in [0.25, 0.3) is 0 Å². The second-order valence-electron chi connectivity index (χ2n) is 6.41. The van der Waals surface area contributed by atoms with Gasteiger partial charge in [-0.15, -0.1) is 0 Å². The topological polar surface area (TPSA) is 86.7 Å². The molecule has 0 amide bonds. The van der Waals surface area contributed by atoms with Crippen LogP contribution in [0.5, 0.6) is 0 Å². The monoisotopic (exact) mass is 388 g/mol. The molecule has 0 aromatic heterocycles. The normalized spacial score (nSPS) is 19.0. The molecule has 140 valence electrons. The zero-order chi connectivity index (χ0) is 18.4. The molecule has 1 saturated heterocycles. The number of nitrogens with zero attached hydrogens (tertiary/aromatic N) is 1. The number of aliphatic carboxylic acids is 1. The van der Waals surface area contributed by atoms with E-state index in [4.69, 9.17) is 16.7 Å². The lowest BCUT2D eigenvalue weighted by atomic mass is 10.00. The first-order valence-corrected chi connectivity index (χ1v) is 10.4. The average Bonchev–Trinajstić information content (AvgIpc) is 2.56. The van der Waals surface area contributed by atoms with E-state index in [0.717, 1.165) is 31.2 Å². The maximum Gasteiger partial charge on any atom is 0.317 e. The highest BCUT2D eigenvalue weighted by Crippen LogP contribution is 2.29. The van der Waals surface area contributed by atoms with E-state index in [2.05, 4.69) is 5.32 Å². The number of nitrogens with one attached hydrogen (secondary N) is 1. The molecule has 0 bridgehead atoms. The van der Waals surface area contributed by atoms with Crippen LogP contribution in [0, 0.1) is 5.92 Å². The van der Waals surface area contributed by atoms with Crippen molar-refractivity contribution < 1.29 is 18.3 Å². The van der Waals surface area contributed by atoms with E-state index in [-0.39, 0.29) is 22.4 Å². The summed E-state index contributed by atoms with van der Waals surface area (Å²) in [4.78, 5) is 10.8. The molecule has 1 fully saturated rings. The third-order valence-electron chi connectivity index (χ3n) is 4.34. The Bertz CT molecular complexity index is 709. The molecule has 1 aliphatic rings. The maximum atomic E-state index is 13.0. The molecular weight excluding hydrogens is 364 g/mol. The lowest BCUT2D eigenvalue weighted by Gasteiger charge is -2.32. The molecule has 1 atom stereocenters. The molecule has 0 saturated carbocycles. The molecule has 8 heteroatoms. The third kappa shape index (κ3) is 5.41. The molecule has 0 radical (unpaired) electrons. The number of benzene rings is 1. The Balaban J connectivity index is 2.13. The summed E-state index contributed by atoms with van der Waals surface area (Å²) in [5.41, 5.74) is 0.960. The highest BCUT2D eigenvalue weighted by atomic mass is 35.5. The minimum absolute atomic E-state index is 0.0977. The van der Waals surface area contributed by atoms with Gasteiger partial charge in [0, 0.05) is 13.1 Å².